The molecule has 2 nitrogen and oxygen atoms in total. The number of hydrogen-bond donors (Lipinski definition) is 0. The molecule has 0 spiro atoms. The molecule has 0 bridgehead atoms. The summed E-state index contributed by atoms with van der Waals surface area (Å²) in [6.45, 7) is 1.60. The third-order valence-electron chi connectivity index (χ3n) is 0.808. The molecule has 0 N–H and O–H groups in total. The first kappa shape index (κ1) is 10.0. The lowest BCUT2D eigenvalue weighted by Gasteiger charge is -2.03. The molecular weight excluding hydrogens is 175 g/mol. The largest absolute Gasteiger partial charge is 0.446 e. The fraction of sp³-hybridized carbons (Fsp3) is 0.833. The van der Waals surface area contributed by atoms with E-state index in [1.54, 1.807) is 6.92 Å². The predicted octanol–water partition coefficient (Wildman–Crippen LogP) is 2.13. The maximum Gasteiger partial charge on any atom is 0.307 e. The maximum absolute atomic E-state index is 10.6. The molecule has 0 aliphatic rings. The smallest absolute Gasteiger partial charge is 0.307 e. The third-order valence-corrected chi connectivity index (χ3v) is 1.16. The molecule has 0 radical (unpaired) electrons. The zero-order valence-electron chi connectivity index (χ0n) is 5.77. The molecule has 0 saturated carbocycles. The Morgan fingerprint density at radius 2 is 2.30 bits per heavy atom. The molecule has 0 aromatic heterocycles. The van der Waals surface area contributed by atoms with Gasteiger partial charge in [-0.25, -0.2) is 0 Å². The Labute approximate surface area is 70.4 Å². The second-order valence-electron chi connectivity index (χ2n) is 1.83. The zero-order valence-corrected chi connectivity index (χ0v) is 7.28. The van der Waals surface area contributed by atoms with Crippen molar-refractivity contribution < 1.29 is 9.53 Å². The average Bonchev–Trinajstić information content (AvgIpc) is 1.82. The number of carbonyl (C=O) groups is 1. The summed E-state index contributed by atoms with van der Waals surface area (Å²) in [5.41, 5.74) is -0.539. The van der Waals surface area contributed by atoms with E-state index in [1.165, 1.54) is 0 Å². The van der Waals surface area contributed by atoms with Crippen LogP contribution in [0.2, 0.25) is 0 Å². The van der Waals surface area contributed by atoms with Crippen LogP contribution in [0, 0.1) is 0 Å². The Morgan fingerprint density at radius 3 is 2.70 bits per heavy atom. The molecule has 0 saturated heterocycles. The van der Waals surface area contributed by atoms with Crippen LogP contribution < -0.4 is 0 Å². The van der Waals surface area contributed by atoms with Crippen LogP contribution in [0.4, 0.5) is 0 Å². The van der Waals surface area contributed by atoms with Crippen molar-refractivity contribution >= 4 is 29.2 Å². The van der Waals surface area contributed by atoms with Crippen LogP contribution in [0.3, 0.4) is 0 Å². The van der Waals surface area contributed by atoms with Gasteiger partial charge in [0.25, 0.3) is 0 Å². The van der Waals surface area contributed by atoms with Crippen molar-refractivity contribution in [2.75, 3.05) is 5.88 Å². The van der Waals surface area contributed by atoms with E-state index in [-0.39, 0.29) is 5.97 Å². The van der Waals surface area contributed by atoms with Crippen molar-refractivity contribution in [1.82, 2.24) is 0 Å². The van der Waals surface area contributed by atoms with Crippen molar-refractivity contribution in [3.05, 3.63) is 0 Å². The Hall–Kier alpha value is 0.0500. The highest BCUT2D eigenvalue weighted by molar-refractivity contribution is 6.20. The van der Waals surface area contributed by atoms with Crippen LogP contribution in [0.1, 0.15) is 19.8 Å². The van der Waals surface area contributed by atoms with Gasteiger partial charge >= 0.3 is 5.97 Å². The second-order valence-corrected chi connectivity index (χ2v) is 2.82. The van der Waals surface area contributed by atoms with Crippen LogP contribution in [0.25, 0.3) is 0 Å². The Bertz CT molecular complexity index is 104. The monoisotopic (exact) mass is 184 g/mol. The standard InChI is InChI=1S/C6H10Cl2O2/c1-5(8)10-6(9)3-2-4-7/h5H,2-4H2,1H3. The summed E-state index contributed by atoms with van der Waals surface area (Å²) in [6.07, 6.45) is 0.991. The zero-order chi connectivity index (χ0) is 7.98. The summed E-state index contributed by atoms with van der Waals surface area (Å²) in [5, 5.41) is 0. The van der Waals surface area contributed by atoms with Gasteiger partial charge in [-0.15, -0.1) is 11.6 Å². The highest BCUT2D eigenvalue weighted by Crippen LogP contribution is 2.01. The van der Waals surface area contributed by atoms with Gasteiger partial charge in [0, 0.05) is 12.3 Å². The van der Waals surface area contributed by atoms with Gasteiger partial charge in [-0.2, -0.15) is 0 Å². The van der Waals surface area contributed by atoms with E-state index in [0.29, 0.717) is 18.7 Å². The summed E-state index contributed by atoms with van der Waals surface area (Å²) in [5.74, 6) is 0.189. The van der Waals surface area contributed by atoms with Gasteiger partial charge in [-0.1, -0.05) is 11.6 Å². The van der Waals surface area contributed by atoms with Gasteiger partial charge in [0.15, 0.2) is 5.56 Å². The molecule has 0 heterocycles. The molecule has 0 amide bonds. The SMILES string of the molecule is CC(Cl)OC(=O)CCCCl. The summed E-state index contributed by atoms with van der Waals surface area (Å²) >= 11 is 10.7. The summed E-state index contributed by atoms with van der Waals surface area (Å²) in [7, 11) is 0. The highest BCUT2D eigenvalue weighted by Gasteiger charge is 2.04. The van der Waals surface area contributed by atoms with Gasteiger partial charge in [-0.3, -0.25) is 4.79 Å². The van der Waals surface area contributed by atoms with Crippen molar-refractivity contribution in [2.24, 2.45) is 0 Å². The number of rotatable bonds is 4. The van der Waals surface area contributed by atoms with Crippen LogP contribution in [0.15, 0.2) is 0 Å². The number of hydrogen-bond acceptors (Lipinski definition) is 2. The Kier molecular flexibility index (Phi) is 5.84. The number of carbonyl (C=O) groups excluding carboxylic acids is 1. The minimum atomic E-state index is -0.539. The molecule has 0 aromatic carbocycles. The van der Waals surface area contributed by atoms with Crippen LogP contribution >= 0.6 is 23.2 Å². The predicted molar refractivity (Wildman–Crippen MR) is 41.4 cm³/mol. The molecular formula is C6H10Cl2O2. The fourth-order valence-corrected chi connectivity index (χ4v) is 0.684. The van der Waals surface area contributed by atoms with E-state index in [1.807, 2.05) is 0 Å². The average molecular weight is 185 g/mol. The van der Waals surface area contributed by atoms with Gasteiger partial charge in [0.1, 0.15) is 0 Å². The number of halogens is 2. The van der Waals surface area contributed by atoms with Gasteiger partial charge in [-0.05, 0) is 13.3 Å². The van der Waals surface area contributed by atoms with Crippen molar-refractivity contribution in [3.63, 3.8) is 0 Å². The lowest BCUT2D eigenvalue weighted by Crippen LogP contribution is -2.08. The number of ether oxygens (including phenoxy) is 1. The lowest BCUT2D eigenvalue weighted by atomic mass is 10.3. The first-order valence-corrected chi connectivity index (χ1v) is 4.03. The van der Waals surface area contributed by atoms with E-state index in [9.17, 15) is 4.79 Å². The minimum absolute atomic E-state index is 0.289. The van der Waals surface area contributed by atoms with Gasteiger partial charge in [0.2, 0.25) is 0 Å². The van der Waals surface area contributed by atoms with E-state index >= 15 is 0 Å². The molecule has 0 aromatic rings. The Morgan fingerprint density at radius 1 is 1.70 bits per heavy atom. The van der Waals surface area contributed by atoms with E-state index < -0.39 is 5.56 Å². The van der Waals surface area contributed by atoms with Crippen molar-refractivity contribution in [3.8, 4) is 0 Å². The summed E-state index contributed by atoms with van der Waals surface area (Å²) in [4.78, 5) is 10.6. The topological polar surface area (TPSA) is 26.3 Å². The number of alkyl halides is 2. The lowest BCUT2D eigenvalue weighted by molar-refractivity contribution is -0.144. The molecule has 4 heteroatoms. The van der Waals surface area contributed by atoms with Crippen LogP contribution in [-0.2, 0) is 9.53 Å². The first-order chi connectivity index (χ1) is 4.66. The minimum Gasteiger partial charge on any atom is -0.446 e. The van der Waals surface area contributed by atoms with Crippen LogP contribution in [-0.4, -0.2) is 17.4 Å². The van der Waals surface area contributed by atoms with Crippen LogP contribution in [0.5, 0.6) is 0 Å². The summed E-state index contributed by atoms with van der Waals surface area (Å²) < 4.78 is 4.62. The molecule has 1 unspecified atom stereocenters. The van der Waals surface area contributed by atoms with Gasteiger partial charge in [0.05, 0.1) is 0 Å². The first-order valence-electron chi connectivity index (χ1n) is 3.06. The second kappa shape index (κ2) is 5.81. The quantitative estimate of drug-likeness (QED) is 0.495. The van der Waals surface area contributed by atoms with Gasteiger partial charge < -0.3 is 4.74 Å². The third kappa shape index (κ3) is 6.17. The van der Waals surface area contributed by atoms with Crippen molar-refractivity contribution in [1.29, 1.82) is 0 Å². The maximum atomic E-state index is 10.6. The summed E-state index contributed by atoms with van der Waals surface area (Å²) in [6, 6.07) is 0. The normalized spacial score (nSPS) is 12.7. The molecule has 0 aliphatic carbocycles. The Balaban J connectivity index is 3.26. The molecule has 10 heavy (non-hydrogen) atoms. The van der Waals surface area contributed by atoms with E-state index in [2.05, 4.69) is 4.74 Å². The molecule has 60 valence electrons. The number of esters is 1. The highest BCUT2D eigenvalue weighted by atomic mass is 35.5. The van der Waals surface area contributed by atoms with Crippen molar-refractivity contribution in [2.45, 2.75) is 25.3 Å². The molecule has 0 fully saturated rings. The van der Waals surface area contributed by atoms with E-state index in [4.69, 9.17) is 23.2 Å². The molecule has 0 rings (SSSR count). The molecule has 1 atom stereocenters. The fourth-order valence-electron chi connectivity index (χ4n) is 0.451. The van der Waals surface area contributed by atoms with E-state index in [0.717, 1.165) is 0 Å². The molecule has 0 aliphatic heterocycles.